The maximum atomic E-state index is 5.87. The van der Waals surface area contributed by atoms with Crippen molar-refractivity contribution >= 4 is 0 Å². The van der Waals surface area contributed by atoms with Crippen LogP contribution in [0.25, 0.3) is 0 Å². The topological polar surface area (TPSA) is 39.7 Å². The Morgan fingerprint density at radius 1 is 1.19 bits per heavy atom. The van der Waals surface area contributed by atoms with Gasteiger partial charge in [-0.25, -0.2) is 0 Å². The first-order valence-corrected chi connectivity index (χ1v) is 7.89. The number of para-hydroxylation sites is 1. The quantitative estimate of drug-likeness (QED) is 0.929. The molecule has 116 valence electrons. The fourth-order valence-electron chi connectivity index (χ4n) is 3.05. The van der Waals surface area contributed by atoms with E-state index in [0.717, 1.165) is 57.1 Å². The van der Waals surface area contributed by atoms with Crippen molar-refractivity contribution in [1.82, 2.24) is 5.32 Å². The minimum atomic E-state index is -0.0247. The molecule has 4 heteroatoms. The Kier molecular flexibility index (Phi) is 4.36. The second-order valence-electron chi connectivity index (χ2n) is 6.47. The molecule has 1 unspecified atom stereocenters. The van der Waals surface area contributed by atoms with Crippen LogP contribution in [0.1, 0.15) is 38.7 Å². The molecule has 21 heavy (non-hydrogen) atoms. The van der Waals surface area contributed by atoms with Crippen LogP contribution < -0.4 is 14.8 Å². The lowest BCUT2D eigenvalue weighted by Gasteiger charge is -2.36. The molecule has 3 rings (SSSR count). The van der Waals surface area contributed by atoms with Crippen LogP contribution in [0.3, 0.4) is 0 Å². The molecule has 0 aromatic heterocycles. The monoisotopic (exact) mass is 291 g/mol. The summed E-state index contributed by atoms with van der Waals surface area (Å²) >= 11 is 0. The van der Waals surface area contributed by atoms with E-state index in [1.54, 1.807) is 0 Å². The average molecular weight is 291 g/mol. The molecule has 1 N–H and O–H groups in total. The van der Waals surface area contributed by atoms with E-state index in [2.05, 4.69) is 25.2 Å². The molecule has 0 spiro atoms. The van der Waals surface area contributed by atoms with Crippen LogP contribution >= 0.6 is 0 Å². The van der Waals surface area contributed by atoms with Gasteiger partial charge >= 0.3 is 0 Å². The number of benzene rings is 1. The van der Waals surface area contributed by atoms with Gasteiger partial charge in [-0.05, 0) is 32.8 Å². The van der Waals surface area contributed by atoms with Gasteiger partial charge in [0.25, 0.3) is 0 Å². The number of nitrogens with one attached hydrogen (secondary N) is 1. The molecule has 0 amide bonds. The van der Waals surface area contributed by atoms with E-state index >= 15 is 0 Å². The van der Waals surface area contributed by atoms with Crippen LogP contribution in [0, 0.1) is 0 Å². The first kappa shape index (κ1) is 14.7. The molecular formula is C17H25NO3. The van der Waals surface area contributed by atoms with Crippen LogP contribution in [-0.2, 0) is 11.3 Å². The SMILES string of the molecule is CC1(C)CC(NCc2cccc3c2OCCCO3)CCO1. The fraction of sp³-hybridized carbons (Fsp3) is 0.647. The summed E-state index contributed by atoms with van der Waals surface area (Å²) in [5, 5.41) is 3.65. The summed E-state index contributed by atoms with van der Waals surface area (Å²) in [4.78, 5) is 0. The number of rotatable bonds is 3. The Labute approximate surface area is 126 Å². The van der Waals surface area contributed by atoms with E-state index < -0.39 is 0 Å². The van der Waals surface area contributed by atoms with Gasteiger partial charge in [0.1, 0.15) is 0 Å². The molecule has 0 bridgehead atoms. The second-order valence-corrected chi connectivity index (χ2v) is 6.47. The second kappa shape index (κ2) is 6.24. The molecule has 2 aliphatic rings. The van der Waals surface area contributed by atoms with Crippen molar-refractivity contribution in [2.24, 2.45) is 0 Å². The Bertz CT molecular complexity index is 487. The third kappa shape index (κ3) is 3.69. The highest BCUT2D eigenvalue weighted by Gasteiger charge is 2.28. The first-order valence-electron chi connectivity index (χ1n) is 7.89. The van der Waals surface area contributed by atoms with Crippen LogP contribution in [0.15, 0.2) is 18.2 Å². The summed E-state index contributed by atoms with van der Waals surface area (Å²) in [6, 6.07) is 6.64. The van der Waals surface area contributed by atoms with Crippen LogP contribution in [0.4, 0.5) is 0 Å². The lowest BCUT2D eigenvalue weighted by molar-refractivity contribution is -0.0630. The van der Waals surface area contributed by atoms with Crippen molar-refractivity contribution in [3.63, 3.8) is 0 Å². The lowest BCUT2D eigenvalue weighted by Crippen LogP contribution is -2.43. The maximum Gasteiger partial charge on any atom is 0.165 e. The summed E-state index contributed by atoms with van der Waals surface area (Å²) in [6.07, 6.45) is 3.05. The van der Waals surface area contributed by atoms with Crippen molar-refractivity contribution in [3.8, 4) is 11.5 Å². The predicted octanol–water partition coefficient (Wildman–Crippen LogP) is 2.90. The highest BCUT2D eigenvalue weighted by molar-refractivity contribution is 5.47. The normalized spacial score (nSPS) is 24.4. The van der Waals surface area contributed by atoms with Crippen LogP contribution in [0.5, 0.6) is 11.5 Å². The fourth-order valence-corrected chi connectivity index (χ4v) is 3.05. The highest BCUT2D eigenvalue weighted by Crippen LogP contribution is 2.33. The molecule has 1 aromatic carbocycles. The molecule has 0 saturated carbocycles. The van der Waals surface area contributed by atoms with Crippen LogP contribution in [-0.4, -0.2) is 31.5 Å². The summed E-state index contributed by atoms with van der Waals surface area (Å²) < 4.78 is 17.4. The Hall–Kier alpha value is -1.26. The van der Waals surface area contributed by atoms with Gasteiger partial charge in [-0.15, -0.1) is 0 Å². The molecule has 1 aromatic rings. The molecule has 1 saturated heterocycles. The average Bonchev–Trinajstić information content (AvgIpc) is 2.69. The number of hydrogen-bond donors (Lipinski definition) is 1. The molecule has 2 heterocycles. The standard InChI is InChI=1S/C17H25NO3/c1-17(2)11-14(7-10-21-17)18-12-13-5-3-6-15-16(13)20-9-4-8-19-15/h3,5-6,14,18H,4,7-12H2,1-2H3. The predicted molar refractivity (Wildman–Crippen MR) is 81.9 cm³/mol. The number of fused-ring (bicyclic) bond motifs is 1. The third-order valence-electron chi connectivity index (χ3n) is 4.13. The number of hydrogen-bond acceptors (Lipinski definition) is 4. The van der Waals surface area contributed by atoms with Crippen molar-refractivity contribution in [2.45, 2.75) is 51.3 Å². The molecular weight excluding hydrogens is 266 g/mol. The van der Waals surface area contributed by atoms with Gasteiger partial charge in [0.2, 0.25) is 0 Å². The van der Waals surface area contributed by atoms with Crippen molar-refractivity contribution < 1.29 is 14.2 Å². The zero-order valence-corrected chi connectivity index (χ0v) is 13.0. The number of ether oxygens (including phenoxy) is 3. The minimum Gasteiger partial charge on any atom is -0.490 e. The molecule has 0 radical (unpaired) electrons. The summed E-state index contributed by atoms with van der Waals surface area (Å²) in [5.41, 5.74) is 1.15. The van der Waals surface area contributed by atoms with Crippen molar-refractivity contribution in [1.29, 1.82) is 0 Å². The lowest BCUT2D eigenvalue weighted by atomic mass is 9.94. The van der Waals surface area contributed by atoms with E-state index in [4.69, 9.17) is 14.2 Å². The molecule has 1 fully saturated rings. The maximum absolute atomic E-state index is 5.87. The summed E-state index contributed by atoms with van der Waals surface area (Å²) in [6.45, 7) is 7.43. The smallest absolute Gasteiger partial charge is 0.165 e. The molecule has 1 atom stereocenters. The van der Waals surface area contributed by atoms with Gasteiger partial charge in [-0.1, -0.05) is 12.1 Å². The molecule has 0 aliphatic carbocycles. The third-order valence-corrected chi connectivity index (χ3v) is 4.13. The van der Waals surface area contributed by atoms with Gasteiger partial charge < -0.3 is 19.5 Å². The van der Waals surface area contributed by atoms with Gasteiger partial charge in [0, 0.05) is 31.2 Å². The minimum absolute atomic E-state index is 0.0247. The van der Waals surface area contributed by atoms with Crippen LogP contribution in [0.2, 0.25) is 0 Å². The molecule has 4 nitrogen and oxygen atoms in total. The van der Waals surface area contributed by atoms with Gasteiger partial charge in [0.05, 0.1) is 18.8 Å². The van der Waals surface area contributed by atoms with Crippen molar-refractivity contribution in [2.75, 3.05) is 19.8 Å². The zero-order valence-electron chi connectivity index (χ0n) is 13.0. The van der Waals surface area contributed by atoms with Gasteiger partial charge in [-0.2, -0.15) is 0 Å². The summed E-state index contributed by atoms with van der Waals surface area (Å²) in [7, 11) is 0. The summed E-state index contributed by atoms with van der Waals surface area (Å²) in [5.74, 6) is 1.79. The Morgan fingerprint density at radius 3 is 2.90 bits per heavy atom. The van der Waals surface area contributed by atoms with E-state index in [0.29, 0.717) is 6.04 Å². The van der Waals surface area contributed by atoms with Gasteiger partial charge in [-0.3, -0.25) is 0 Å². The van der Waals surface area contributed by atoms with Gasteiger partial charge in [0.15, 0.2) is 11.5 Å². The van der Waals surface area contributed by atoms with E-state index in [1.165, 1.54) is 5.56 Å². The highest BCUT2D eigenvalue weighted by atomic mass is 16.5. The largest absolute Gasteiger partial charge is 0.490 e. The van der Waals surface area contributed by atoms with Crippen molar-refractivity contribution in [3.05, 3.63) is 23.8 Å². The molecule has 2 aliphatic heterocycles. The van der Waals surface area contributed by atoms with E-state index in [9.17, 15) is 0 Å². The Balaban J connectivity index is 1.65. The first-order chi connectivity index (χ1) is 10.1. The zero-order chi connectivity index (χ0) is 14.7. The van der Waals surface area contributed by atoms with E-state index in [1.807, 2.05) is 12.1 Å². The Morgan fingerprint density at radius 2 is 2.05 bits per heavy atom. The van der Waals surface area contributed by atoms with E-state index in [-0.39, 0.29) is 5.60 Å².